The molecule has 10 nitrogen and oxygen atoms in total. The Morgan fingerprint density at radius 1 is 1.05 bits per heavy atom. The molecule has 0 saturated heterocycles. The van der Waals surface area contributed by atoms with Crippen molar-refractivity contribution in [2.75, 3.05) is 12.4 Å². The Balaban J connectivity index is 1.36. The Labute approximate surface area is 220 Å². The lowest BCUT2D eigenvalue weighted by Gasteiger charge is -2.21. The third-order valence-electron chi connectivity index (χ3n) is 5.69. The van der Waals surface area contributed by atoms with Crippen LogP contribution in [0.25, 0.3) is 32.0 Å². The second-order valence-corrected chi connectivity index (χ2v) is 9.48. The number of halogens is 1. The molecular weight excluding hydrogens is 511 g/mol. The van der Waals surface area contributed by atoms with Gasteiger partial charge in [-0.3, -0.25) is 10.3 Å². The summed E-state index contributed by atoms with van der Waals surface area (Å²) >= 11 is 1.29. The van der Waals surface area contributed by atoms with Crippen molar-refractivity contribution in [1.82, 2.24) is 24.9 Å². The largest absolute Gasteiger partial charge is 0.480 e. The van der Waals surface area contributed by atoms with Crippen molar-refractivity contribution in [2.45, 2.75) is 33.0 Å². The maximum Gasteiger partial charge on any atom is 0.412 e. The minimum atomic E-state index is -0.694. The molecule has 0 aliphatic heterocycles. The van der Waals surface area contributed by atoms with E-state index in [1.165, 1.54) is 24.5 Å². The summed E-state index contributed by atoms with van der Waals surface area (Å²) in [6, 6.07) is 8.40. The van der Waals surface area contributed by atoms with Crippen molar-refractivity contribution in [3.8, 4) is 22.3 Å². The summed E-state index contributed by atoms with van der Waals surface area (Å²) in [5.74, 6) is -0.469. The fourth-order valence-corrected chi connectivity index (χ4v) is 4.58. The standard InChI is InChI=1S/C26H23FN6O4S/c1-13-9-17(22-19(10-13)31-21(35-4)12-29-22)24-32-20-11-18(27)23(33-25(20)38-24)36-14(2)15(3)37-26(34)30-16-5-7-28-8-6-16/h5-12,14-15H,1-4H3,(H,28,30,34)/t14-,15+/m0/s1. The molecule has 0 unspecified atom stereocenters. The number of amides is 1. The number of hydrogen-bond donors (Lipinski definition) is 1. The van der Waals surface area contributed by atoms with E-state index in [4.69, 9.17) is 14.2 Å². The van der Waals surface area contributed by atoms with Gasteiger partial charge >= 0.3 is 6.09 Å². The van der Waals surface area contributed by atoms with E-state index in [9.17, 15) is 9.18 Å². The van der Waals surface area contributed by atoms with Crippen LogP contribution in [0.2, 0.25) is 0 Å². The molecule has 5 rings (SSSR count). The molecule has 1 amide bonds. The SMILES string of the molecule is COc1cnc2c(-c3nc4cc(F)c(O[C@@H](C)[C@@H](C)OC(=O)Nc5ccncc5)nc4s3)cc(C)cc2n1. The number of carbonyl (C=O) groups is 1. The third-order valence-corrected chi connectivity index (χ3v) is 6.69. The molecule has 5 aromatic rings. The Kier molecular flexibility index (Phi) is 6.97. The average molecular weight is 535 g/mol. The van der Waals surface area contributed by atoms with Crippen LogP contribution in [0, 0.1) is 12.7 Å². The first-order valence-electron chi connectivity index (χ1n) is 11.6. The van der Waals surface area contributed by atoms with Gasteiger partial charge in [-0.1, -0.05) is 11.3 Å². The van der Waals surface area contributed by atoms with Crippen LogP contribution < -0.4 is 14.8 Å². The quantitative estimate of drug-likeness (QED) is 0.286. The zero-order valence-electron chi connectivity index (χ0n) is 20.9. The molecule has 0 saturated carbocycles. The Bertz CT molecular complexity index is 1630. The highest BCUT2D eigenvalue weighted by Gasteiger charge is 2.22. The summed E-state index contributed by atoms with van der Waals surface area (Å²) in [6.07, 6.45) is 2.59. The van der Waals surface area contributed by atoms with E-state index in [1.807, 2.05) is 19.1 Å². The lowest BCUT2D eigenvalue weighted by Crippen LogP contribution is -2.33. The van der Waals surface area contributed by atoms with Gasteiger partial charge in [0.15, 0.2) is 5.82 Å². The summed E-state index contributed by atoms with van der Waals surface area (Å²) in [7, 11) is 1.53. The van der Waals surface area contributed by atoms with Crippen molar-refractivity contribution in [1.29, 1.82) is 0 Å². The zero-order chi connectivity index (χ0) is 26.8. The minimum Gasteiger partial charge on any atom is -0.480 e. The molecule has 0 aliphatic rings. The second-order valence-electron chi connectivity index (χ2n) is 8.51. The highest BCUT2D eigenvalue weighted by Crippen LogP contribution is 2.35. The summed E-state index contributed by atoms with van der Waals surface area (Å²) < 4.78 is 31.2. The van der Waals surface area contributed by atoms with Gasteiger partial charge in [-0.2, -0.15) is 4.98 Å². The van der Waals surface area contributed by atoms with Crippen LogP contribution in [0.1, 0.15) is 19.4 Å². The lowest BCUT2D eigenvalue weighted by molar-refractivity contribution is 0.0379. The Hall–Kier alpha value is -4.45. The van der Waals surface area contributed by atoms with E-state index >= 15 is 0 Å². The molecular formula is C26H23FN6O4S. The van der Waals surface area contributed by atoms with Crippen molar-refractivity contribution >= 4 is 44.5 Å². The molecule has 4 heterocycles. The first-order chi connectivity index (χ1) is 18.3. The number of carbonyl (C=O) groups excluding carboxylic acids is 1. The molecule has 0 radical (unpaired) electrons. The van der Waals surface area contributed by atoms with Crippen LogP contribution in [-0.2, 0) is 4.74 Å². The van der Waals surface area contributed by atoms with Crippen LogP contribution in [-0.4, -0.2) is 50.3 Å². The van der Waals surface area contributed by atoms with E-state index in [0.717, 1.165) is 11.1 Å². The van der Waals surface area contributed by atoms with Gasteiger partial charge in [0.25, 0.3) is 5.88 Å². The van der Waals surface area contributed by atoms with Gasteiger partial charge in [-0.25, -0.2) is 24.1 Å². The molecule has 12 heteroatoms. The van der Waals surface area contributed by atoms with Gasteiger partial charge in [0.05, 0.1) is 24.3 Å². The van der Waals surface area contributed by atoms with Crippen LogP contribution in [0.4, 0.5) is 14.9 Å². The Morgan fingerprint density at radius 3 is 2.61 bits per heavy atom. The lowest BCUT2D eigenvalue weighted by atomic mass is 10.1. The molecule has 0 fully saturated rings. The third kappa shape index (κ3) is 5.30. The van der Waals surface area contributed by atoms with Crippen molar-refractivity contribution in [2.24, 2.45) is 0 Å². The van der Waals surface area contributed by atoms with E-state index < -0.39 is 24.1 Å². The summed E-state index contributed by atoms with van der Waals surface area (Å²) in [4.78, 5) is 34.5. The van der Waals surface area contributed by atoms with Gasteiger partial charge in [0.1, 0.15) is 27.6 Å². The van der Waals surface area contributed by atoms with Crippen molar-refractivity contribution in [3.05, 3.63) is 60.3 Å². The number of thiazole rings is 1. The smallest absolute Gasteiger partial charge is 0.412 e. The Morgan fingerprint density at radius 2 is 1.84 bits per heavy atom. The number of pyridine rings is 2. The van der Waals surface area contributed by atoms with E-state index in [0.29, 0.717) is 38.0 Å². The molecule has 0 spiro atoms. The summed E-state index contributed by atoms with van der Waals surface area (Å²) in [6.45, 7) is 5.26. The van der Waals surface area contributed by atoms with E-state index in [-0.39, 0.29) is 5.88 Å². The summed E-state index contributed by atoms with van der Waals surface area (Å²) in [5.41, 5.74) is 3.97. The molecule has 1 aromatic carbocycles. The number of nitrogens with zero attached hydrogens (tertiary/aromatic N) is 5. The first-order valence-corrected chi connectivity index (χ1v) is 12.5. The number of methoxy groups -OCH3 is 1. The number of nitrogens with one attached hydrogen (secondary N) is 1. The second kappa shape index (κ2) is 10.5. The fraction of sp³-hybridized carbons (Fsp3) is 0.231. The molecule has 4 aromatic heterocycles. The number of anilines is 1. The highest BCUT2D eigenvalue weighted by atomic mass is 32.1. The maximum absolute atomic E-state index is 14.9. The predicted molar refractivity (Wildman–Crippen MR) is 141 cm³/mol. The predicted octanol–water partition coefficient (Wildman–Crippen LogP) is 5.56. The molecule has 0 aliphatic carbocycles. The van der Waals surface area contributed by atoms with Gasteiger partial charge in [0.2, 0.25) is 5.88 Å². The minimum absolute atomic E-state index is 0.205. The summed E-state index contributed by atoms with van der Waals surface area (Å²) in [5, 5.41) is 3.22. The topological polar surface area (TPSA) is 121 Å². The van der Waals surface area contributed by atoms with Gasteiger partial charge < -0.3 is 14.2 Å². The van der Waals surface area contributed by atoms with Crippen LogP contribution in [0.3, 0.4) is 0 Å². The number of ether oxygens (including phenoxy) is 3. The fourth-order valence-electron chi connectivity index (χ4n) is 3.65. The monoisotopic (exact) mass is 534 g/mol. The number of rotatable bonds is 7. The van der Waals surface area contributed by atoms with E-state index in [2.05, 4.69) is 30.2 Å². The van der Waals surface area contributed by atoms with E-state index in [1.54, 1.807) is 44.6 Å². The number of benzene rings is 1. The van der Waals surface area contributed by atoms with Crippen LogP contribution in [0.5, 0.6) is 11.8 Å². The van der Waals surface area contributed by atoms with Gasteiger partial charge in [-0.05, 0) is 50.6 Å². The molecule has 1 N–H and O–H groups in total. The number of aromatic nitrogens is 5. The zero-order valence-corrected chi connectivity index (χ0v) is 21.7. The molecule has 2 atom stereocenters. The molecule has 38 heavy (non-hydrogen) atoms. The van der Waals surface area contributed by atoms with Gasteiger partial charge in [-0.15, -0.1) is 0 Å². The number of fused-ring (bicyclic) bond motifs is 2. The first kappa shape index (κ1) is 25.2. The van der Waals surface area contributed by atoms with Crippen LogP contribution >= 0.6 is 11.3 Å². The van der Waals surface area contributed by atoms with Crippen LogP contribution in [0.15, 0.2) is 48.9 Å². The van der Waals surface area contributed by atoms with Crippen molar-refractivity contribution < 1.29 is 23.4 Å². The highest BCUT2D eigenvalue weighted by molar-refractivity contribution is 7.21. The van der Waals surface area contributed by atoms with Gasteiger partial charge in [0, 0.05) is 29.7 Å². The van der Waals surface area contributed by atoms with Crippen molar-refractivity contribution in [3.63, 3.8) is 0 Å². The number of hydrogen-bond acceptors (Lipinski definition) is 10. The molecule has 194 valence electrons. The normalized spacial score (nSPS) is 12.8. The average Bonchev–Trinajstić information content (AvgIpc) is 3.30. The molecule has 0 bridgehead atoms. The maximum atomic E-state index is 14.9. The number of aryl methyl sites for hydroxylation is 1.